The zero-order valence-electron chi connectivity index (χ0n) is 8.63. The van der Waals surface area contributed by atoms with Crippen molar-refractivity contribution in [2.45, 2.75) is 13.3 Å². The summed E-state index contributed by atoms with van der Waals surface area (Å²) in [4.78, 5) is 0. The molecule has 0 unspecified atom stereocenters. The fourth-order valence-corrected chi connectivity index (χ4v) is 2.39. The van der Waals surface area contributed by atoms with Crippen LogP contribution in [0, 0.1) is 9.64 Å². The van der Waals surface area contributed by atoms with Crippen molar-refractivity contribution in [3.63, 3.8) is 0 Å². The third kappa shape index (κ3) is 2.40. The Kier molecular flexibility index (Phi) is 3.41. The monoisotopic (exact) mass is 307 g/mol. The Bertz CT molecular complexity index is 446. The maximum atomic E-state index is 3.41. The van der Waals surface area contributed by atoms with Gasteiger partial charge >= 0.3 is 0 Å². The van der Waals surface area contributed by atoms with Gasteiger partial charge in [0.1, 0.15) is 0 Å². The highest BCUT2D eigenvalue weighted by Gasteiger charge is 2.02. The van der Waals surface area contributed by atoms with Crippen LogP contribution < -0.4 is 0 Å². The number of hydrogen-bond acceptors (Lipinski definition) is 0. The van der Waals surface area contributed by atoms with Crippen molar-refractivity contribution >= 4 is 22.6 Å². The van der Waals surface area contributed by atoms with Gasteiger partial charge in [0.15, 0.2) is 0 Å². The van der Waals surface area contributed by atoms with Crippen molar-refractivity contribution in [1.29, 1.82) is 0 Å². The molecular weight excluding hydrogens is 295 g/mol. The van der Waals surface area contributed by atoms with Gasteiger partial charge in [0.25, 0.3) is 0 Å². The summed E-state index contributed by atoms with van der Waals surface area (Å²) in [5.41, 5.74) is 3.81. The van der Waals surface area contributed by atoms with Crippen LogP contribution in [0.25, 0.3) is 11.1 Å². The minimum Gasteiger partial charge on any atom is -0.0622 e. The van der Waals surface area contributed by atoms with Crippen LogP contribution in [0.2, 0.25) is 0 Å². The number of benzene rings is 2. The molecule has 0 aliphatic carbocycles. The largest absolute Gasteiger partial charge is 0.0622 e. The molecule has 1 heteroatoms. The average Bonchev–Trinajstić information content (AvgIpc) is 2.30. The Morgan fingerprint density at radius 2 is 1.80 bits per heavy atom. The van der Waals surface area contributed by atoms with Gasteiger partial charge in [-0.1, -0.05) is 49.4 Å². The second kappa shape index (κ2) is 4.79. The van der Waals surface area contributed by atoms with Gasteiger partial charge in [0, 0.05) is 9.64 Å². The quantitative estimate of drug-likeness (QED) is 0.725. The van der Waals surface area contributed by atoms with Gasteiger partial charge in [0.05, 0.1) is 0 Å². The molecule has 15 heavy (non-hydrogen) atoms. The van der Waals surface area contributed by atoms with Gasteiger partial charge in [0.2, 0.25) is 0 Å². The maximum Gasteiger partial charge on any atom is 0.0290 e. The highest BCUT2D eigenvalue weighted by molar-refractivity contribution is 14.1. The van der Waals surface area contributed by atoms with Gasteiger partial charge < -0.3 is 0 Å². The molecule has 0 saturated carbocycles. The molecule has 2 rings (SSSR count). The third-order valence-corrected chi connectivity index (χ3v) is 3.27. The number of hydrogen-bond donors (Lipinski definition) is 0. The van der Waals surface area contributed by atoms with Crippen molar-refractivity contribution < 1.29 is 0 Å². The summed E-state index contributed by atoms with van der Waals surface area (Å²) in [5, 5.41) is 0. The van der Waals surface area contributed by atoms with Crippen LogP contribution in [0.5, 0.6) is 0 Å². The average molecular weight is 307 g/mol. The Hall–Kier alpha value is -0.830. The van der Waals surface area contributed by atoms with E-state index in [0.29, 0.717) is 0 Å². The van der Waals surface area contributed by atoms with Crippen molar-refractivity contribution in [3.8, 4) is 11.1 Å². The van der Waals surface area contributed by atoms with Gasteiger partial charge in [-0.15, -0.1) is 0 Å². The van der Waals surface area contributed by atoms with Crippen LogP contribution in [0.4, 0.5) is 0 Å². The zero-order valence-corrected chi connectivity index (χ0v) is 10.8. The first-order chi connectivity index (χ1) is 7.31. The standard InChI is InChI=1S/C14H12I/c1-2-11-8-9-13(14(15)10-11)12-6-4-3-5-7-12/h3-9H,2H2,1H3. The van der Waals surface area contributed by atoms with E-state index in [0.717, 1.165) is 6.42 Å². The van der Waals surface area contributed by atoms with E-state index in [9.17, 15) is 0 Å². The van der Waals surface area contributed by atoms with Crippen LogP contribution in [-0.2, 0) is 6.42 Å². The van der Waals surface area contributed by atoms with E-state index < -0.39 is 0 Å². The van der Waals surface area contributed by atoms with E-state index in [-0.39, 0.29) is 0 Å². The van der Waals surface area contributed by atoms with E-state index >= 15 is 0 Å². The van der Waals surface area contributed by atoms with E-state index in [2.05, 4.69) is 72.0 Å². The molecule has 0 fully saturated rings. The predicted octanol–water partition coefficient (Wildman–Crippen LogP) is 4.32. The molecule has 0 atom stereocenters. The first-order valence-electron chi connectivity index (χ1n) is 5.07. The van der Waals surface area contributed by atoms with E-state index in [4.69, 9.17) is 0 Å². The van der Waals surface area contributed by atoms with Crippen LogP contribution in [0.15, 0.2) is 42.5 Å². The van der Waals surface area contributed by atoms with Crippen LogP contribution >= 0.6 is 22.6 Å². The highest BCUT2D eigenvalue weighted by Crippen LogP contribution is 2.25. The summed E-state index contributed by atoms with van der Waals surface area (Å²) in [5.74, 6) is 0. The number of rotatable bonds is 2. The lowest BCUT2D eigenvalue weighted by Gasteiger charge is -2.05. The fourth-order valence-electron chi connectivity index (χ4n) is 1.55. The number of halogens is 1. The molecule has 0 spiro atoms. The SMILES string of the molecule is CCc1[c]c(I)c(-c2ccccc2)cc1. The second-order valence-electron chi connectivity index (χ2n) is 3.43. The number of aryl methyl sites for hydroxylation is 1. The maximum absolute atomic E-state index is 3.41. The van der Waals surface area contributed by atoms with Crippen molar-refractivity contribution in [3.05, 3.63) is 57.7 Å². The van der Waals surface area contributed by atoms with Gasteiger partial charge in [-0.2, -0.15) is 0 Å². The molecule has 2 aromatic carbocycles. The predicted molar refractivity (Wildman–Crippen MR) is 72.8 cm³/mol. The van der Waals surface area contributed by atoms with Crippen LogP contribution in [-0.4, -0.2) is 0 Å². The van der Waals surface area contributed by atoms with E-state index in [1.807, 2.05) is 6.07 Å². The highest BCUT2D eigenvalue weighted by atomic mass is 127. The van der Waals surface area contributed by atoms with Gasteiger partial charge in [-0.3, -0.25) is 0 Å². The zero-order chi connectivity index (χ0) is 10.7. The summed E-state index contributed by atoms with van der Waals surface area (Å²) in [6.07, 6.45) is 1.05. The van der Waals surface area contributed by atoms with Crippen molar-refractivity contribution in [2.24, 2.45) is 0 Å². The summed E-state index contributed by atoms with van der Waals surface area (Å²) in [6, 6.07) is 18.2. The molecule has 0 amide bonds. The molecule has 0 aromatic heterocycles. The lowest BCUT2D eigenvalue weighted by Crippen LogP contribution is -1.87. The van der Waals surface area contributed by atoms with Gasteiger partial charge in [-0.05, 0) is 45.7 Å². The molecule has 0 heterocycles. The first-order valence-corrected chi connectivity index (χ1v) is 6.15. The van der Waals surface area contributed by atoms with E-state index in [1.54, 1.807) is 0 Å². The van der Waals surface area contributed by atoms with Crippen molar-refractivity contribution in [1.82, 2.24) is 0 Å². The molecule has 2 aromatic rings. The second-order valence-corrected chi connectivity index (χ2v) is 4.51. The molecule has 0 aliphatic rings. The summed E-state index contributed by atoms with van der Waals surface area (Å²) >= 11 is 2.36. The van der Waals surface area contributed by atoms with Crippen LogP contribution in [0.3, 0.4) is 0 Å². The Balaban J connectivity index is 2.46. The summed E-state index contributed by atoms with van der Waals surface area (Å²) in [7, 11) is 0. The first kappa shape index (κ1) is 10.7. The summed E-state index contributed by atoms with van der Waals surface area (Å²) in [6.45, 7) is 2.16. The Morgan fingerprint density at radius 1 is 1.07 bits per heavy atom. The molecule has 0 bridgehead atoms. The molecule has 0 N–H and O–H groups in total. The normalized spacial score (nSPS) is 10.3. The third-order valence-electron chi connectivity index (χ3n) is 2.42. The lowest BCUT2D eigenvalue weighted by molar-refractivity contribution is 1.13. The van der Waals surface area contributed by atoms with Crippen molar-refractivity contribution in [2.75, 3.05) is 0 Å². The molecule has 0 aliphatic heterocycles. The Morgan fingerprint density at radius 3 is 2.40 bits per heavy atom. The topological polar surface area (TPSA) is 0 Å². The smallest absolute Gasteiger partial charge is 0.0290 e. The molecular formula is C14H12I. The lowest BCUT2D eigenvalue weighted by atomic mass is 10.0. The Labute approximate surface area is 104 Å². The summed E-state index contributed by atoms with van der Waals surface area (Å²) < 4.78 is 1.21. The molecule has 0 saturated heterocycles. The fraction of sp³-hybridized carbons (Fsp3) is 0.143. The van der Waals surface area contributed by atoms with Crippen LogP contribution in [0.1, 0.15) is 12.5 Å². The minimum absolute atomic E-state index is 1.05. The molecule has 1 radical (unpaired) electrons. The van der Waals surface area contributed by atoms with Gasteiger partial charge in [-0.25, -0.2) is 0 Å². The van der Waals surface area contributed by atoms with E-state index in [1.165, 1.54) is 20.3 Å². The molecule has 75 valence electrons. The molecule has 0 nitrogen and oxygen atoms in total. The minimum atomic E-state index is 1.05.